The Morgan fingerprint density at radius 3 is 2.43 bits per heavy atom. The number of ether oxygens (including phenoxy) is 2. The van der Waals surface area contributed by atoms with Crippen molar-refractivity contribution in [1.82, 2.24) is 9.80 Å². The summed E-state index contributed by atoms with van der Waals surface area (Å²) in [6.07, 6.45) is 0. The van der Waals surface area contributed by atoms with Crippen molar-refractivity contribution in [3.05, 3.63) is 22.7 Å². The zero-order valence-electron chi connectivity index (χ0n) is 14.2. The van der Waals surface area contributed by atoms with Gasteiger partial charge in [0.15, 0.2) is 11.5 Å². The Hall–Kier alpha value is -1.01. The summed E-state index contributed by atoms with van der Waals surface area (Å²) in [5.41, 5.74) is 0.965. The lowest BCUT2D eigenvalue weighted by Crippen LogP contribution is -2.48. The molecule has 6 heteroatoms. The highest BCUT2D eigenvalue weighted by Gasteiger charge is 2.26. The quantitative estimate of drug-likeness (QED) is 0.824. The molecule has 130 valence electrons. The molecule has 1 atom stereocenters. The topological polar surface area (TPSA) is 45.2 Å². The molecule has 1 aromatic rings. The predicted molar refractivity (Wildman–Crippen MR) is 92.7 cm³/mol. The molecule has 5 nitrogen and oxygen atoms in total. The van der Waals surface area contributed by atoms with Crippen LogP contribution in [0.25, 0.3) is 0 Å². The van der Waals surface area contributed by atoms with Crippen molar-refractivity contribution in [1.29, 1.82) is 0 Å². The maximum atomic E-state index is 9.92. The number of benzene rings is 1. The Labute approximate surface area is 143 Å². The molecule has 0 saturated carbocycles. The van der Waals surface area contributed by atoms with Crippen molar-refractivity contribution in [2.75, 3.05) is 53.0 Å². The summed E-state index contributed by atoms with van der Waals surface area (Å²) >= 11 is 6.34. The molecule has 1 aliphatic rings. The molecule has 1 unspecified atom stereocenters. The standard InChI is InChI=1S/C17H27ClN2O3/c1-4-19-6-8-20(9-7-19)15(12-21)13-10-14(18)17(22-3)16(11-13)23-5-2/h10-11,15,21H,4-9,12H2,1-3H3. The van der Waals surface area contributed by atoms with Crippen molar-refractivity contribution in [3.8, 4) is 11.5 Å². The Kier molecular flexibility index (Phi) is 6.96. The molecule has 0 spiro atoms. The highest BCUT2D eigenvalue weighted by atomic mass is 35.5. The van der Waals surface area contributed by atoms with Crippen LogP contribution in [0.1, 0.15) is 25.5 Å². The number of piperazine rings is 1. The third-order valence-electron chi connectivity index (χ3n) is 4.39. The van der Waals surface area contributed by atoms with E-state index in [1.807, 2.05) is 19.1 Å². The van der Waals surface area contributed by atoms with Crippen LogP contribution in [0.15, 0.2) is 12.1 Å². The molecule has 1 fully saturated rings. The van der Waals surface area contributed by atoms with Crippen LogP contribution < -0.4 is 9.47 Å². The molecular formula is C17H27ClN2O3. The summed E-state index contributed by atoms with van der Waals surface area (Å²) in [5, 5.41) is 10.4. The molecule has 0 aromatic heterocycles. The fourth-order valence-electron chi connectivity index (χ4n) is 3.06. The second-order valence-corrected chi connectivity index (χ2v) is 6.04. The number of aliphatic hydroxyl groups excluding tert-OH is 1. The van der Waals surface area contributed by atoms with E-state index in [9.17, 15) is 5.11 Å². The highest BCUT2D eigenvalue weighted by molar-refractivity contribution is 6.32. The highest BCUT2D eigenvalue weighted by Crippen LogP contribution is 2.39. The van der Waals surface area contributed by atoms with Gasteiger partial charge in [0, 0.05) is 26.2 Å². The van der Waals surface area contributed by atoms with E-state index in [1.165, 1.54) is 0 Å². The fourth-order valence-corrected chi connectivity index (χ4v) is 3.36. The molecule has 1 heterocycles. The number of hydrogen-bond acceptors (Lipinski definition) is 5. The summed E-state index contributed by atoms with van der Waals surface area (Å²) in [6, 6.07) is 3.73. The molecule has 1 aliphatic heterocycles. The zero-order chi connectivity index (χ0) is 16.8. The first-order valence-electron chi connectivity index (χ1n) is 8.22. The van der Waals surface area contributed by atoms with Gasteiger partial charge in [-0.25, -0.2) is 0 Å². The minimum Gasteiger partial charge on any atom is -0.491 e. The third kappa shape index (κ3) is 4.29. The van der Waals surface area contributed by atoms with Gasteiger partial charge in [0.2, 0.25) is 0 Å². The average Bonchev–Trinajstić information content (AvgIpc) is 2.56. The van der Waals surface area contributed by atoms with Crippen LogP contribution in [0.2, 0.25) is 5.02 Å². The summed E-state index contributed by atoms with van der Waals surface area (Å²) in [7, 11) is 1.58. The number of likely N-dealkylation sites (N-methyl/N-ethyl adjacent to an activating group) is 1. The number of methoxy groups -OCH3 is 1. The van der Waals surface area contributed by atoms with Gasteiger partial charge < -0.3 is 19.5 Å². The first kappa shape index (κ1) is 18.3. The summed E-state index contributed by atoms with van der Waals surface area (Å²) in [5.74, 6) is 1.17. The van der Waals surface area contributed by atoms with Crippen LogP contribution in [0, 0.1) is 0 Å². The summed E-state index contributed by atoms with van der Waals surface area (Å²) in [6.45, 7) is 9.68. The molecule has 2 rings (SSSR count). The molecule has 1 saturated heterocycles. The lowest BCUT2D eigenvalue weighted by atomic mass is 10.0. The van der Waals surface area contributed by atoms with E-state index in [0.29, 0.717) is 23.1 Å². The Balaban J connectivity index is 2.24. The minimum atomic E-state index is -0.0726. The van der Waals surface area contributed by atoms with Crippen molar-refractivity contribution in [2.24, 2.45) is 0 Å². The second-order valence-electron chi connectivity index (χ2n) is 5.64. The minimum absolute atomic E-state index is 0.0559. The van der Waals surface area contributed by atoms with Gasteiger partial charge in [-0.05, 0) is 31.2 Å². The van der Waals surface area contributed by atoms with Gasteiger partial charge in [0.25, 0.3) is 0 Å². The monoisotopic (exact) mass is 342 g/mol. The van der Waals surface area contributed by atoms with Crippen LogP contribution in [-0.2, 0) is 0 Å². The smallest absolute Gasteiger partial charge is 0.179 e. The summed E-state index contributed by atoms with van der Waals surface area (Å²) in [4.78, 5) is 4.72. The van der Waals surface area contributed by atoms with Crippen LogP contribution in [-0.4, -0.2) is 68.0 Å². The molecule has 0 aliphatic carbocycles. The maximum absolute atomic E-state index is 9.92. The van der Waals surface area contributed by atoms with Crippen LogP contribution in [0.4, 0.5) is 0 Å². The average molecular weight is 343 g/mol. The third-order valence-corrected chi connectivity index (χ3v) is 4.67. The van der Waals surface area contributed by atoms with Gasteiger partial charge in [-0.15, -0.1) is 0 Å². The lowest BCUT2D eigenvalue weighted by molar-refractivity contribution is 0.0671. The molecule has 1 N–H and O–H groups in total. The van der Waals surface area contributed by atoms with E-state index in [4.69, 9.17) is 21.1 Å². The van der Waals surface area contributed by atoms with Crippen LogP contribution in [0.5, 0.6) is 11.5 Å². The first-order chi connectivity index (χ1) is 11.1. The van der Waals surface area contributed by atoms with E-state index in [1.54, 1.807) is 7.11 Å². The van der Waals surface area contributed by atoms with Crippen LogP contribution in [0.3, 0.4) is 0 Å². The van der Waals surface area contributed by atoms with E-state index < -0.39 is 0 Å². The van der Waals surface area contributed by atoms with Crippen LogP contribution >= 0.6 is 11.6 Å². The van der Waals surface area contributed by atoms with Gasteiger partial charge in [0.05, 0.1) is 31.4 Å². The number of halogens is 1. The molecule has 1 aromatic carbocycles. The van der Waals surface area contributed by atoms with Gasteiger partial charge >= 0.3 is 0 Å². The predicted octanol–water partition coefficient (Wildman–Crippen LogP) is 2.42. The number of rotatable bonds is 7. The Bertz CT molecular complexity index is 505. The maximum Gasteiger partial charge on any atom is 0.179 e. The van der Waals surface area contributed by atoms with Gasteiger partial charge in [-0.1, -0.05) is 18.5 Å². The Morgan fingerprint density at radius 2 is 1.91 bits per heavy atom. The fraction of sp³-hybridized carbons (Fsp3) is 0.647. The van der Waals surface area contributed by atoms with E-state index >= 15 is 0 Å². The van der Waals surface area contributed by atoms with E-state index in [0.717, 1.165) is 38.3 Å². The molecule has 0 amide bonds. The Morgan fingerprint density at radius 1 is 1.22 bits per heavy atom. The second kappa shape index (κ2) is 8.73. The number of nitrogens with zero attached hydrogens (tertiary/aromatic N) is 2. The molecular weight excluding hydrogens is 316 g/mol. The summed E-state index contributed by atoms with van der Waals surface area (Å²) < 4.78 is 11.0. The van der Waals surface area contributed by atoms with Gasteiger partial charge in [0.1, 0.15) is 0 Å². The van der Waals surface area contributed by atoms with E-state index in [2.05, 4.69) is 16.7 Å². The number of hydrogen-bond donors (Lipinski definition) is 1. The normalized spacial score (nSPS) is 18.0. The zero-order valence-corrected chi connectivity index (χ0v) is 15.0. The van der Waals surface area contributed by atoms with Gasteiger partial charge in [-0.2, -0.15) is 0 Å². The van der Waals surface area contributed by atoms with Crippen molar-refractivity contribution < 1.29 is 14.6 Å². The number of aliphatic hydroxyl groups is 1. The largest absolute Gasteiger partial charge is 0.491 e. The molecule has 0 bridgehead atoms. The van der Waals surface area contributed by atoms with Crippen molar-refractivity contribution in [2.45, 2.75) is 19.9 Å². The lowest BCUT2D eigenvalue weighted by Gasteiger charge is -2.38. The van der Waals surface area contributed by atoms with E-state index in [-0.39, 0.29) is 12.6 Å². The van der Waals surface area contributed by atoms with Crippen molar-refractivity contribution in [3.63, 3.8) is 0 Å². The molecule has 0 radical (unpaired) electrons. The SMILES string of the molecule is CCOc1cc(C(CO)N2CCN(CC)CC2)cc(Cl)c1OC. The van der Waals surface area contributed by atoms with Gasteiger partial charge in [-0.3, -0.25) is 4.90 Å². The first-order valence-corrected chi connectivity index (χ1v) is 8.59. The molecule has 23 heavy (non-hydrogen) atoms. The van der Waals surface area contributed by atoms with Crippen molar-refractivity contribution >= 4 is 11.6 Å².